The number of carbonyl (C=O) groups is 1. The van der Waals surface area contributed by atoms with Crippen molar-refractivity contribution in [1.82, 2.24) is 0 Å². The molecule has 0 aromatic heterocycles. The van der Waals surface area contributed by atoms with Crippen molar-refractivity contribution >= 4 is 5.97 Å². The summed E-state index contributed by atoms with van der Waals surface area (Å²) in [7, 11) is 1.63. The normalized spacial score (nSPS) is 17.5. The SMILES string of the molecule is COc1ccc(C2Cc3ccccc3OC2=O)cc1. The summed E-state index contributed by atoms with van der Waals surface area (Å²) < 4.78 is 10.5. The first-order valence-electron chi connectivity index (χ1n) is 6.21. The Labute approximate surface area is 111 Å². The zero-order chi connectivity index (χ0) is 13.2. The van der Waals surface area contributed by atoms with E-state index in [2.05, 4.69) is 0 Å². The van der Waals surface area contributed by atoms with Crippen LogP contribution in [-0.4, -0.2) is 13.1 Å². The van der Waals surface area contributed by atoms with Crippen molar-refractivity contribution in [1.29, 1.82) is 0 Å². The van der Waals surface area contributed by atoms with Gasteiger partial charge in [0.2, 0.25) is 0 Å². The van der Waals surface area contributed by atoms with Gasteiger partial charge in [-0.15, -0.1) is 0 Å². The zero-order valence-corrected chi connectivity index (χ0v) is 10.6. The number of esters is 1. The largest absolute Gasteiger partial charge is 0.497 e. The second kappa shape index (κ2) is 4.76. The van der Waals surface area contributed by atoms with E-state index in [1.807, 2.05) is 48.5 Å². The summed E-state index contributed by atoms with van der Waals surface area (Å²) in [6.45, 7) is 0. The van der Waals surface area contributed by atoms with Crippen LogP contribution in [0.5, 0.6) is 11.5 Å². The number of ether oxygens (including phenoxy) is 2. The van der Waals surface area contributed by atoms with Gasteiger partial charge in [-0.3, -0.25) is 4.79 Å². The highest BCUT2D eigenvalue weighted by Crippen LogP contribution is 2.33. The van der Waals surface area contributed by atoms with Crippen LogP contribution in [0.15, 0.2) is 48.5 Å². The third-order valence-electron chi connectivity index (χ3n) is 3.41. The van der Waals surface area contributed by atoms with Crippen molar-refractivity contribution in [2.45, 2.75) is 12.3 Å². The van der Waals surface area contributed by atoms with E-state index >= 15 is 0 Å². The topological polar surface area (TPSA) is 35.5 Å². The summed E-state index contributed by atoms with van der Waals surface area (Å²) in [5.74, 6) is 1.04. The first-order valence-corrected chi connectivity index (χ1v) is 6.21. The van der Waals surface area contributed by atoms with Gasteiger partial charge in [0.15, 0.2) is 0 Å². The molecule has 1 unspecified atom stereocenters. The van der Waals surface area contributed by atoms with E-state index < -0.39 is 0 Å². The predicted octanol–water partition coefficient (Wildman–Crippen LogP) is 2.94. The van der Waals surface area contributed by atoms with Crippen molar-refractivity contribution in [2.24, 2.45) is 0 Å². The number of carbonyl (C=O) groups excluding carboxylic acids is 1. The standard InChI is InChI=1S/C16H14O3/c1-18-13-8-6-11(7-9-13)14-10-12-4-2-3-5-15(12)19-16(14)17/h2-9,14H,10H2,1H3. The van der Waals surface area contributed by atoms with Crippen molar-refractivity contribution < 1.29 is 14.3 Å². The van der Waals surface area contributed by atoms with Gasteiger partial charge in [0, 0.05) is 0 Å². The van der Waals surface area contributed by atoms with Gasteiger partial charge in [-0.25, -0.2) is 0 Å². The molecule has 1 aliphatic rings. The van der Waals surface area contributed by atoms with Crippen LogP contribution < -0.4 is 9.47 Å². The minimum atomic E-state index is -0.235. The highest BCUT2D eigenvalue weighted by atomic mass is 16.5. The molecule has 0 N–H and O–H groups in total. The van der Waals surface area contributed by atoms with Gasteiger partial charge in [-0.1, -0.05) is 30.3 Å². The molecule has 0 fully saturated rings. The number of para-hydroxylation sites is 1. The van der Waals surface area contributed by atoms with E-state index in [4.69, 9.17) is 9.47 Å². The fourth-order valence-corrected chi connectivity index (χ4v) is 2.34. The van der Waals surface area contributed by atoms with E-state index in [0.717, 1.165) is 16.9 Å². The lowest BCUT2D eigenvalue weighted by Gasteiger charge is -2.23. The van der Waals surface area contributed by atoms with E-state index in [9.17, 15) is 4.79 Å². The second-order valence-corrected chi connectivity index (χ2v) is 4.56. The average Bonchev–Trinajstić information content (AvgIpc) is 2.47. The quantitative estimate of drug-likeness (QED) is 0.610. The molecule has 3 heteroatoms. The summed E-state index contributed by atoms with van der Waals surface area (Å²) in [6.07, 6.45) is 0.682. The molecule has 0 spiro atoms. The monoisotopic (exact) mass is 254 g/mol. The summed E-state index contributed by atoms with van der Waals surface area (Å²) in [6, 6.07) is 15.2. The Kier molecular flexibility index (Phi) is 2.95. The molecular weight excluding hydrogens is 240 g/mol. The Morgan fingerprint density at radius 3 is 2.58 bits per heavy atom. The molecule has 2 aromatic carbocycles. The van der Waals surface area contributed by atoms with Crippen LogP contribution in [0, 0.1) is 0 Å². The molecule has 0 saturated carbocycles. The summed E-state index contributed by atoms with van der Waals surface area (Å²) in [5, 5.41) is 0. The second-order valence-electron chi connectivity index (χ2n) is 4.56. The Hall–Kier alpha value is -2.29. The van der Waals surface area contributed by atoms with Crippen LogP contribution in [0.1, 0.15) is 17.0 Å². The molecule has 1 heterocycles. The molecule has 2 aromatic rings. The minimum Gasteiger partial charge on any atom is -0.497 e. The number of methoxy groups -OCH3 is 1. The molecule has 0 amide bonds. The first-order chi connectivity index (χ1) is 9.28. The fourth-order valence-electron chi connectivity index (χ4n) is 2.34. The molecule has 0 aliphatic carbocycles. The molecule has 1 aliphatic heterocycles. The lowest BCUT2D eigenvalue weighted by Crippen LogP contribution is -2.25. The van der Waals surface area contributed by atoms with E-state index in [1.54, 1.807) is 7.11 Å². The van der Waals surface area contributed by atoms with Crippen LogP contribution in [0.2, 0.25) is 0 Å². The Morgan fingerprint density at radius 2 is 1.84 bits per heavy atom. The predicted molar refractivity (Wildman–Crippen MR) is 71.5 cm³/mol. The summed E-state index contributed by atoms with van der Waals surface area (Å²) in [4.78, 5) is 12.1. The fraction of sp³-hybridized carbons (Fsp3) is 0.188. The first kappa shape index (κ1) is 11.8. The Balaban J connectivity index is 1.91. The Bertz CT molecular complexity index is 602. The average molecular weight is 254 g/mol. The van der Waals surface area contributed by atoms with Gasteiger partial charge in [-0.05, 0) is 35.7 Å². The lowest BCUT2D eigenvalue weighted by molar-refractivity contribution is -0.137. The number of benzene rings is 2. The van der Waals surface area contributed by atoms with Gasteiger partial charge in [0.1, 0.15) is 11.5 Å². The molecular formula is C16H14O3. The molecule has 3 nitrogen and oxygen atoms in total. The maximum absolute atomic E-state index is 12.1. The lowest BCUT2D eigenvalue weighted by atomic mass is 9.90. The van der Waals surface area contributed by atoms with Gasteiger partial charge in [0.25, 0.3) is 0 Å². The van der Waals surface area contributed by atoms with Crippen LogP contribution in [0.3, 0.4) is 0 Å². The van der Waals surface area contributed by atoms with E-state index in [-0.39, 0.29) is 11.9 Å². The maximum atomic E-state index is 12.1. The molecule has 0 saturated heterocycles. The molecule has 1 atom stereocenters. The van der Waals surface area contributed by atoms with Gasteiger partial charge in [0.05, 0.1) is 13.0 Å². The number of hydrogen-bond acceptors (Lipinski definition) is 3. The number of rotatable bonds is 2. The van der Waals surface area contributed by atoms with Crippen molar-refractivity contribution in [2.75, 3.05) is 7.11 Å². The molecule has 0 bridgehead atoms. The van der Waals surface area contributed by atoms with Crippen LogP contribution in [0.4, 0.5) is 0 Å². The van der Waals surface area contributed by atoms with Crippen LogP contribution in [-0.2, 0) is 11.2 Å². The smallest absolute Gasteiger partial charge is 0.319 e. The third kappa shape index (κ3) is 2.19. The van der Waals surface area contributed by atoms with Gasteiger partial charge < -0.3 is 9.47 Å². The van der Waals surface area contributed by atoms with Crippen molar-refractivity contribution in [3.63, 3.8) is 0 Å². The minimum absolute atomic E-state index is 0.191. The summed E-state index contributed by atoms with van der Waals surface area (Å²) in [5.41, 5.74) is 2.03. The van der Waals surface area contributed by atoms with Crippen LogP contribution in [0.25, 0.3) is 0 Å². The summed E-state index contributed by atoms with van der Waals surface area (Å²) >= 11 is 0. The number of hydrogen-bond donors (Lipinski definition) is 0. The maximum Gasteiger partial charge on any atom is 0.319 e. The molecule has 19 heavy (non-hydrogen) atoms. The third-order valence-corrected chi connectivity index (χ3v) is 3.41. The van der Waals surface area contributed by atoms with E-state index in [0.29, 0.717) is 12.2 Å². The molecule has 96 valence electrons. The van der Waals surface area contributed by atoms with E-state index in [1.165, 1.54) is 0 Å². The highest BCUT2D eigenvalue weighted by molar-refractivity contribution is 5.83. The number of fused-ring (bicyclic) bond motifs is 1. The highest BCUT2D eigenvalue weighted by Gasteiger charge is 2.29. The van der Waals surface area contributed by atoms with Crippen molar-refractivity contribution in [3.05, 3.63) is 59.7 Å². The molecule has 3 rings (SSSR count). The molecule has 0 radical (unpaired) electrons. The van der Waals surface area contributed by atoms with Crippen LogP contribution >= 0.6 is 0 Å². The van der Waals surface area contributed by atoms with Gasteiger partial charge >= 0.3 is 5.97 Å². The Morgan fingerprint density at radius 1 is 1.11 bits per heavy atom. The zero-order valence-electron chi connectivity index (χ0n) is 10.6. The van der Waals surface area contributed by atoms with Gasteiger partial charge in [-0.2, -0.15) is 0 Å². The van der Waals surface area contributed by atoms with Crippen molar-refractivity contribution in [3.8, 4) is 11.5 Å².